The summed E-state index contributed by atoms with van der Waals surface area (Å²) in [6, 6.07) is 5.83. The van der Waals surface area contributed by atoms with Gasteiger partial charge in [-0.2, -0.15) is 13.2 Å². The van der Waals surface area contributed by atoms with Crippen molar-refractivity contribution in [1.29, 1.82) is 0 Å². The first kappa shape index (κ1) is 18.2. The van der Waals surface area contributed by atoms with Gasteiger partial charge in [-0.15, -0.1) is 0 Å². The Hall–Kier alpha value is -2.15. The Morgan fingerprint density at radius 2 is 1.96 bits per heavy atom. The van der Waals surface area contributed by atoms with Gasteiger partial charge >= 0.3 is 6.18 Å². The van der Waals surface area contributed by atoms with Crippen molar-refractivity contribution in [3.8, 4) is 5.75 Å². The van der Waals surface area contributed by atoms with E-state index in [-0.39, 0.29) is 11.8 Å². The molecule has 1 aromatic carbocycles. The van der Waals surface area contributed by atoms with Crippen LogP contribution in [0.3, 0.4) is 0 Å². The molecule has 4 nitrogen and oxygen atoms in total. The maximum atomic E-state index is 12.9. The topological polar surface area (TPSA) is 38.2 Å². The summed E-state index contributed by atoms with van der Waals surface area (Å²) in [6.45, 7) is 3.00. The average Bonchev–Trinajstić information content (AvgIpc) is 3.23. The van der Waals surface area contributed by atoms with E-state index in [1.54, 1.807) is 6.07 Å². The summed E-state index contributed by atoms with van der Waals surface area (Å²) in [5, 5.41) is 0. The van der Waals surface area contributed by atoms with Crippen molar-refractivity contribution in [2.75, 3.05) is 6.61 Å². The summed E-state index contributed by atoms with van der Waals surface area (Å²) in [4.78, 5) is 10.9. The third-order valence-corrected chi connectivity index (χ3v) is 5.67. The molecule has 0 N–H and O–H groups in total. The molecule has 27 heavy (non-hydrogen) atoms. The summed E-state index contributed by atoms with van der Waals surface area (Å²) in [5.41, 5.74) is 0.374. The highest BCUT2D eigenvalue weighted by Crippen LogP contribution is 2.43. The van der Waals surface area contributed by atoms with Crippen molar-refractivity contribution < 1.29 is 17.9 Å². The molecule has 7 heteroatoms. The number of hydrogen-bond acceptors (Lipinski definition) is 4. The fraction of sp³-hybridized carbons (Fsp3) is 0.500. The fourth-order valence-electron chi connectivity index (χ4n) is 4.32. The van der Waals surface area contributed by atoms with Crippen molar-refractivity contribution >= 4 is 0 Å². The van der Waals surface area contributed by atoms with Crippen LogP contribution in [-0.2, 0) is 12.7 Å². The zero-order valence-electron chi connectivity index (χ0n) is 15.1. The quantitative estimate of drug-likeness (QED) is 0.781. The van der Waals surface area contributed by atoms with E-state index in [0.29, 0.717) is 18.6 Å². The highest BCUT2D eigenvalue weighted by molar-refractivity contribution is 5.30. The van der Waals surface area contributed by atoms with E-state index >= 15 is 0 Å². The number of rotatable bonds is 5. The predicted octanol–water partition coefficient (Wildman–Crippen LogP) is 4.24. The fourth-order valence-corrected chi connectivity index (χ4v) is 4.32. The number of alkyl halides is 3. The minimum atomic E-state index is -4.36. The van der Waals surface area contributed by atoms with Crippen molar-refractivity contribution in [3.05, 3.63) is 53.6 Å². The summed E-state index contributed by atoms with van der Waals surface area (Å²) >= 11 is 0. The summed E-state index contributed by atoms with van der Waals surface area (Å²) in [6.07, 6.45) is 2.78. The Balaban J connectivity index is 1.45. The van der Waals surface area contributed by atoms with Crippen molar-refractivity contribution in [2.24, 2.45) is 5.92 Å². The first-order valence-corrected chi connectivity index (χ1v) is 9.23. The summed E-state index contributed by atoms with van der Waals surface area (Å²) in [7, 11) is 0. The largest absolute Gasteiger partial charge is 0.492 e. The normalized spacial score (nSPS) is 25.1. The molecule has 0 amide bonds. The molecule has 2 aliphatic rings. The first-order chi connectivity index (χ1) is 12.9. The Bertz CT molecular complexity index is 794. The van der Waals surface area contributed by atoms with E-state index in [2.05, 4.69) is 14.9 Å². The van der Waals surface area contributed by atoms with Gasteiger partial charge in [0, 0.05) is 36.6 Å². The zero-order valence-corrected chi connectivity index (χ0v) is 15.1. The molecule has 3 atom stereocenters. The number of likely N-dealkylation sites (tertiary alicyclic amines) is 1. The van der Waals surface area contributed by atoms with Gasteiger partial charge in [-0.1, -0.05) is 6.07 Å². The lowest BCUT2D eigenvalue weighted by atomic mass is 9.99. The van der Waals surface area contributed by atoms with E-state index in [9.17, 15) is 13.2 Å². The predicted molar refractivity (Wildman–Crippen MR) is 94.2 cm³/mol. The van der Waals surface area contributed by atoms with Gasteiger partial charge in [-0.3, -0.25) is 4.90 Å². The zero-order chi connectivity index (χ0) is 19.0. The maximum Gasteiger partial charge on any atom is 0.416 e. The number of piperidine rings is 1. The second-order valence-corrected chi connectivity index (χ2v) is 7.44. The molecule has 4 rings (SSSR count). The second kappa shape index (κ2) is 7.11. The SMILES string of the molecule is Cc1ncc(CN2[C@@H]3CC[C@@H](C3)[C@H]2COc2cccc(C(F)(F)F)c2)cn1. The molecule has 1 aliphatic heterocycles. The van der Waals surface area contributed by atoms with Crippen molar-refractivity contribution in [2.45, 2.75) is 51.0 Å². The average molecular weight is 377 g/mol. The van der Waals surface area contributed by atoms with Crippen LogP contribution in [0.5, 0.6) is 5.75 Å². The Morgan fingerprint density at radius 3 is 2.70 bits per heavy atom. The lowest BCUT2D eigenvalue weighted by molar-refractivity contribution is -0.137. The Labute approximate surface area is 156 Å². The molecule has 1 aromatic heterocycles. The molecule has 0 unspecified atom stereocenters. The minimum absolute atomic E-state index is 0.208. The van der Waals surface area contributed by atoms with Crippen molar-refractivity contribution in [3.63, 3.8) is 0 Å². The number of fused-ring (bicyclic) bond motifs is 2. The molecule has 1 aliphatic carbocycles. The van der Waals surface area contributed by atoms with Gasteiger partial charge in [0.05, 0.1) is 5.56 Å². The van der Waals surface area contributed by atoms with Gasteiger partial charge in [0.25, 0.3) is 0 Å². The molecule has 144 valence electrons. The van der Waals surface area contributed by atoms with Crippen LogP contribution in [0.15, 0.2) is 36.7 Å². The van der Waals surface area contributed by atoms with E-state index in [0.717, 1.165) is 49.3 Å². The maximum absolute atomic E-state index is 12.9. The van der Waals surface area contributed by atoms with Crippen LogP contribution in [0.2, 0.25) is 0 Å². The minimum Gasteiger partial charge on any atom is -0.492 e. The number of aromatic nitrogens is 2. The number of aryl methyl sites for hydroxylation is 1. The lowest BCUT2D eigenvalue weighted by Gasteiger charge is -2.35. The van der Waals surface area contributed by atoms with Crippen LogP contribution in [0.1, 0.15) is 36.2 Å². The van der Waals surface area contributed by atoms with Gasteiger partial charge in [-0.05, 0) is 50.3 Å². The summed E-state index contributed by atoms with van der Waals surface area (Å²) < 4.78 is 44.5. The number of halogens is 3. The second-order valence-electron chi connectivity index (χ2n) is 7.44. The van der Waals surface area contributed by atoms with Gasteiger partial charge in [0.1, 0.15) is 18.2 Å². The van der Waals surface area contributed by atoms with E-state index in [1.165, 1.54) is 6.07 Å². The van der Waals surface area contributed by atoms with E-state index < -0.39 is 11.7 Å². The third kappa shape index (κ3) is 3.93. The Kier molecular flexibility index (Phi) is 4.80. The van der Waals surface area contributed by atoms with Crippen LogP contribution in [0, 0.1) is 12.8 Å². The number of benzene rings is 1. The van der Waals surface area contributed by atoms with Gasteiger partial charge in [-0.25, -0.2) is 9.97 Å². The molecular formula is C20H22F3N3O. The molecule has 1 saturated heterocycles. The molecule has 1 saturated carbocycles. The molecular weight excluding hydrogens is 355 g/mol. The van der Waals surface area contributed by atoms with Crippen LogP contribution in [-0.4, -0.2) is 33.6 Å². The smallest absolute Gasteiger partial charge is 0.416 e. The van der Waals surface area contributed by atoms with Gasteiger partial charge < -0.3 is 4.74 Å². The van der Waals surface area contributed by atoms with Gasteiger partial charge in [0.2, 0.25) is 0 Å². The van der Waals surface area contributed by atoms with E-state index in [1.807, 2.05) is 19.3 Å². The number of nitrogens with zero attached hydrogens (tertiary/aromatic N) is 3. The molecule has 2 fully saturated rings. The standard InChI is InChI=1S/C20H22F3N3O/c1-13-24-9-14(10-25-13)11-26-17-6-5-15(7-17)19(26)12-27-18-4-2-3-16(8-18)20(21,22)23/h2-4,8-10,15,17,19H,5-7,11-12H2,1H3/t15-,17+,19+/m0/s1. The van der Waals surface area contributed by atoms with Crippen LogP contribution >= 0.6 is 0 Å². The van der Waals surface area contributed by atoms with Crippen LogP contribution in [0.4, 0.5) is 13.2 Å². The summed E-state index contributed by atoms with van der Waals surface area (Å²) in [5.74, 6) is 1.55. The molecule has 2 heterocycles. The number of hydrogen-bond donors (Lipinski definition) is 0. The molecule has 0 radical (unpaired) electrons. The Morgan fingerprint density at radius 1 is 1.19 bits per heavy atom. The monoisotopic (exact) mass is 377 g/mol. The highest BCUT2D eigenvalue weighted by atomic mass is 19.4. The molecule has 2 aromatic rings. The highest BCUT2D eigenvalue weighted by Gasteiger charge is 2.46. The first-order valence-electron chi connectivity index (χ1n) is 9.23. The van der Waals surface area contributed by atoms with Crippen LogP contribution in [0.25, 0.3) is 0 Å². The van der Waals surface area contributed by atoms with Crippen molar-refractivity contribution in [1.82, 2.24) is 14.9 Å². The van der Waals surface area contributed by atoms with Gasteiger partial charge in [0.15, 0.2) is 0 Å². The lowest BCUT2D eigenvalue weighted by Crippen LogP contribution is -2.43. The third-order valence-electron chi connectivity index (χ3n) is 5.67. The molecule has 0 spiro atoms. The number of ether oxygens (including phenoxy) is 1. The molecule has 2 bridgehead atoms. The van der Waals surface area contributed by atoms with Crippen LogP contribution < -0.4 is 4.74 Å². The van der Waals surface area contributed by atoms with E-state index in [4.69, 9.17) is 4.74 Å².